The first-order valence-corrected chi connectivity index (χ1v) is 5.75. The van der Waals surface area contributed by atoms with Gasteiger partial charge in [0.05, 0.1) is 11.8 Å². The molecule has 84 valence electrons. The van der Waals surface area contributed by atoms with Crippen molar-refractivity contribution in [1.82, 2.24) is 15.0 Å². The van der Waals surface area contributed by atoms with Crippen LogP contribution >= 0.6 is 22.9 Å². The van der Waals surface area contributed by atoms with Crippen LogP contribution in [0.3, 0.4) is 0 Å². The van der Waals surface area contributed by atoms with Gasteiger partial charge in [-0.15, -0.1) is 0 Å². The van der Waals surface area contributed by atoms with Crippen LogP contribution in [0.2, 0.25) is 4.34 Å². The number of aromatic nitrogens is 3. The Morgan fingerprint density at radius 2 is 2.38 bits per heavy atom. The number of halogens is 1. The Bertz CT molecular complexity index is 578. The Morgan fingerprint density at radius 3 is 2.88 bits per heavy atom. The van der Waals surface area contributed by atoms with Gasteiger partial charge >= 0.3 is 0 Å². The van der Waals surface area contributed by atoms with Gasteiger partial charge in [-0.1, -0.05) is 29.9 Å². The number of nitrogens with one attached hydrogen (secondary N) is 1. The van der Waals surface area contributed by atoms with Crippen LogP contribution in [0.1, 0.15) is 12.5 Å². The van der Waals surface area contributed by atoms with E-state index in [1.54, 1.807) is 6.92 Å². The van der Waals surface area contributed by atoms with Crippen molar-refractivity contribution in [1.29, 1.82) is 0 Å². The number of hydrogen-bond donors (Lipinski definition) is 2. The van der Waals surface area contributed by atoms with Crippen molar-refractivity contribution >= 4 is 22.9 Å². The van der Waals surface area contributed by atoms with E-state index in [-0.39, 0.29) is 22.8 Å². The van der Waals surface area contributed by atoms with Gasteiger partial charge in [-0.05, 0) is 6.42 Å². The molecule has 16 heavy (non-hydrogen) atoms. The fourth-order valence-corrected chi connectivity index (χ4v) is 2.13. The molecule has 2 heterocycles. The average Bonchev–Trinajstić information content (AvgIpc) is 2.64. The molecule has 0 radical (unpaired) electrons. The second-order valence-electron chi connectivity index (χ2n) is 3.04. The third-order valence-corrected chi connectivity index (χ3v) is 3.15. The van der Waals surface area contributed by atoms with Crippen LogP contribution in [0.4, 0.5) is 0 Å². The fraction of sp³-hybridized carbons (Fsp3) is 0.222. The van der Waals surface area contributed by atoms with Crippen LogP contribution < -0.4 is 5.56 Å². The monoisotopic (exact) mass is 257 g/mol. The molecular weight excluding hydrogens is 250 g/mol. The van der Waals surface area contributed by atoms with Crippen molar-refractivity contribution in [2.45, 2.75) is 13.3 Å². The highest BCUT2D eigenvalue weighted by molar-refractivity contribution is 7.18. The van der Waals surface area contributed by atoms with E-state index < -0.39 is 0 Å². The summed E-state index contributed by atoms with van der Waals surface area (Å²) < 4.78 is 0.497. The zero-order valence-corrected chi connectivity index (χ0v) is 9.89. The summed E-state index contributed by atoms with van der Waals surface area (Å²) in [5.41, 5.74) is -0.0808. The maximum absolute atomic E-state index is 11.6. The van der Waals surface area contributed by atoms with E-state index in [0.717, 1.165) is 0 Å². The Kier molecular flexibility index (Phi) is 2.93. The molecule has 0 spiro atoms. The van der Waals surface area contributed by atoms with Gasteiger partial charge in [-0.3, -0.25) is 4.79 Å². The van der Waals surface area contributed by atoms with Gasteiger partial charge in [-0.25, -0.2) is 4.98 Å². The number of thiazole rings is 1. The van der Waals surface area contributed by atoms with E-state index >= 15 is 0 Å². The first-order chi connectivity index (χ1) is 7.61. The van der Waals surface area contributed by atoms with Crippen molar-refractivity contribution < 1.29 is 5.11 Å². The highest BCUT2D eigenvalue weighted by Crippen LogP contribution is 2.26. The topological polar surface area (TPSA) is 78.9 Å². The number of hydrogen-bond acceptors (Lipinski definition) is 5. The van der Waals surface area contributed by atoms with Gasteiger partial charge in [0.15, 0.2) is 10.8 Å². The molecule has 0 aliphatic heterocycles. The SMILES string of the molecule is CCc1c(O)nc(-c2ncc(Cl)s2)[nH]c1=O. The van der Waals surface area contributed by atoms with Gasteiger partial charge in [0, 0.05) is 0 Å². The third kappa shape index (κ3) is 1.94. The fourth-order valence-electron chi connectivity index (χ4n) is 1.27. The molecule has 2 rings (SSSR count). The lowest BCUT2D eigenvalue weighted by Gasteiger charge is -2.01. The molecule has 0 aliphatic rings. The summed E-state index contributed by atoms with van der Waals surface area (Å²) in [5.74, 6) is -0.0239. The lowest BCUT2D eigenvalue weighted by atomic mass is 10.2. The molecular formula is C9H8ClN3O2S. The van der Waals surface area contributed by atoms with Gasteiger partial charge in [0.2, 0.25) is 5.88 Å². The summed E-state index contributed by atoms with van der Waals surface area (Å²) in [7, 11) is 0. The smallest absolute Gasteiger partial charge is 0.258 e. The zero-order chi connectivity index (χ0) is 11.7. The van der Waals surface area contributed by atoms with E-state index in [2.05, 4.69) is 15.0 Å². The quantitative estimate of drug-likeness (QED) is 0.860. The Hall–Kier alpha value is -1.40. The molecule has 0 fully saturated rings. The second kappa shape index (κ2) is 4.23. The summed E-state index contributed by atoms with van der Waals surface area (Å²) >= 11 is 6.90. The maximum Gasteiger partial charge on any atom is 0.258 e. The second-order valence-corrected chi connectivity index (χ2v) is 4.70. The minimum Gasteiger partial charge on any atom is -0.493 e. The van der Waals surface area contributed by atoms with E-state index in [9.17, 15) is 9.90 Å². The molecule has 2 aromatic rings. The van der Waals surface area contributed by atoms with Crippen molar-refractivity contribution in [3.63, 3.8) is 0 Å². The molecule has 5 nitrogen and oxygen atoms in total. The van der Waals surface area contributed by atoms with Crippen LogP contribution in [0.25, 0.3) is 10.8 Å². The van der Waals surface area contributed by atoms with E-state index in [1.807, 2.05) is 0 Å². The van der Waals surface area contributed by atoms with Gasteiger partial charge in [-0.2, -0.15) is 4.98 Å². The van der Waals surface area contributed by atoms with Crippen LogP contribution in [0.5, 0.6) is 5.88 Å². The van der Waals surface area contributed by atoms with Crippen molar-refractivity contribution in [3.8, 4) is 16.7 Å². The molecule has 0 bridgehead atoms. The predicted octanol–water partition coefficient (Wildman–Crippen LogP) is 1.81. The summed E-state index contributed by atoms with van der Waals surface area (Å²) in [6.45, 7) is 1.77. The van der Waals surface area contributed by atoms with Crippen molar-refractivity contribution in [2.75, 3.05) is 0 Å². The van der Waals surface area contributed by atoms with Gasteiger partial charge in [0.25, 0.3) is 5.56 Å². The molecule has 0 unspecified atom stereocenters. The van der Waals surface area contributed by atoms with E-state index in [0.29, 0.717) is 15.8 Å². The number of H-pyrrole nitrogens is 1. The normalized spacial score (nSPS) is 10.6. The third-order valence-electron chi connectivity index (χ3n) is 2.03. The minimum atomic E-state index is -0.351. The van der Waals surface area contributed by atoms with Crippen LogP contribution in [0, 0.1) is 0 Å². The number of nitrogens with zero attached hydrogens (tertiary/aromatic N) is 2. The molecule has 0 aliphatic carbocycles. The Morgan fingerprint density at radius 1 is 1.62 bits per heavy atom. The lowest BCUT2D eigenvalue weighted by Crippen LogP contribution is -2.14. The van der Waals surface area contributed by atoms with Gasteiger partial charge in [0.1, 0.15) is 4.34 Å². The number of aromatic hydroxyl groups is 1. The minimum absolute atomic E-state index is 0.233. The average molecular weight is 258 g/mol. The largest absolute Gasteiger partial charge is 0.493 e. The summed E-state index contributed by atoms with van der Waals surface area (Å²) in [6.07, 6.45) is 1.89. The maximum atomic E-state index is 11.6. The number of aromatic amines is 1. The first kappa shape index (κ1) is 11.1. The van der Waals surface area contributed by atoms with Crippen LogP contribution in [0.15, 0.2) is 11.0 Å². The first-order valence-electron chi connectivity index (χ1n) is 4.55. The standard InChI is InChI=1S/C9H8ClN3O2S/c1-2-4-7(14)12-6(13-8(4)15)9-11-3-5(10)16-9/h3H,2H2,1H3,(H2,12,13,14,15). The highest BCUT2D eigenvalue weighted by atomic mass is 35.5. The Balaban J connectivity index is 2.56. The summed E-state index contributed by atoms with van der Waals surface area (Å²) in [5, 5.41) is 10.0. The van der Waals surface area contributed by atoms with E-state index in [4.69, 9.17) is 11.6 Å². The number of rotatable bonds is 2. The molecule has 0 atom stereocenters. The molecule has 0 amide bonds. The molecule has 7 heteroatoms. The molecule has 0 aromatic carbocycles. The zero-order valence-electron chi connectivity index (χ0n) is 8.32. The molecule has 2 aromatic heterocycles. The van der Waals surface area contributed by atoms with Gasteiger partial charge < -0.3 is 10.1 Å². The molecule has 0 saturated carbocycles. The van der Waals surface area contributed by atoms with Crippen molar-refractivity contribution in [2.24, 2.45) is 0 Å². The van der Waals surface area contributed by atoms with Crippen LogP contribution in [-0.4, -0.2) is 20.1 Å². The van der Waals surface area contributed by atoms with Crippen molar-refractivity contribution in [3.05, 3.63) is 26.5 Å². The summed E-state index contributed by atoms with van der Waals surface area (Å²) in [4.78, 5) is 22.0. The predicted molar refractivity (Wildman–Crippen MR) is 62.0 cm³/mol. The molecule has 2 N–H and O–H groups in total. The highest BCUT2D eigenvalue weighted by Gasteiger charge is 2.12. The summed E-state index contributed by atoms with van der Waals surface area (Å²) in [6, 6.07) is 0. The Labute approximate surface area is 99.8 Å². The molecule has 0 saturated heterocycles. The lowest BCUT2D eigenvalue weighted by molar-refractivity contribution is 0.444. The van der Waals surface area contributed by atoms with E-state index in [1.165, 1.54) is 17.5 Å². The van der Waals surface area contributed by atoms with Crippen LogP contribution in [-0.2, 0) is 6.42 Å².